The summed E-state index contributed by atoms with van der Waals surface area (Å²) in [6.45, 7) is 18.6. The van der Waals surface area contributed by atoms with Gasteiger partial charge in [-0.1, -0.05) is 60.1 Å². The van der Waals surface area contributed by atoms with Gasteiger partial charge in [-0.05, 0) is 48.3 Å². The first-order chi connectivity index (χ1) is 7.74. The zero-order valence-corrected chi connectivity index (χ0v) is 12.9. The number of hydrogen-bond acceptors (Lipinski definition) is 0. The van der Waals surface area contributed by atoms with Gasteiger partial charge in [0.1, 0.15) is 0 Å². The van der Waals surface area contributed by atoms with E-state index in [4.69, 9.17) is 0 Å². The molecule has 0 heteroatoms. The molecular formula is C17H32. The number of allylic oxidation sites excluding steroid dienone is 1. The molecule has 0 aromatic heterocycles. The Morgan fingerprint density at radius 2 is 1.88 bits per heavy atom. The third kappa shape index (κ3) is 2.77. The van der Waals surface area contributed by atoms with Crippen LogP contribution in [0.4, 0.5) is 0 Å². The van der Waals surface area contributed by atoms with Crippen molar-refractivity contribution in [2.75, 3.05) is 0 Å². The van der Waals surface area contributed by atoms with Gasteiger partial charge < -0.3 is 0 Å². The molecule has 17 heavy (non-hydrogen) atoms. The highest BCUT2D eigenvalue weighted by Gasteiger charge is 2.50. The average Bonchev–Trinajstić information content (AvgIpc) is 2.42. The Kier molecular flexibility index (Phi) is 4.49. The van der Waals surface area contributed by atoms with Crippen molar-refractivity contribution in [3.63, 3.8) is 0 Å². The Labute approximate surface area is 109 Å². The third-order valence-electron chi connectivity index (χ3n) is 5.75. The maximum Gasteiger partial charge on any atom is -0.0263 e. The van der Waals surface area contributed by atoms with Crippen LogP contribution < -0.4 is 0 Å². The lowest BCUT2D eigenvalue weighted by atomic mass is 9.62. The molecule has 0 saturated heterocycles. The summed E-state index contributed by atoms with van der Waals surface area (Å²) >= 11 is 0. The lowest BCUT2D eigenvalue weighted by molar-refractivity contribution is 0.0773. The van der Waals surface area contributed by atoms with Crippen LogP contribution in [0.15, 0.2) is 12.2 Å². The van der Waals surface area contributed by atoms with Crippen LogP contribution in [0.2, 0.25) is 0 Å². The molecule has 0 N–H and O–H groups in total. The first-order valence-corrected chi connectivity index (χ1v) is 7.42. The Balaban J connectivity index is 2.75. The van der Waals surface area contributed by atoms with Crippen molar-refractivity contribution >= 4 is 0 Å². The van der Waals surface area contributed by atoms with Gasteiger partial charge in [0.15, 0.2) is 0 Å². The van der Waals surface area contributed by atoms with Crippen molar-refractivity contribution in [2.24, 2.45) is 22.7 Å². The summed E-state index contributed by atoms with van der Waals surface area (Å²) < 4.78 is 0. The zero-order valence-electron chi connectivity index (χ0n) is 12.9. The number of rotatable bonds is 5. The van der Waals surface area contributed by atoms with E-state index in [9.17, 15) is 0 Å². The van der Waals surface area contributed by atoms with Crippen molar-refractivity contribution in [1.82, 2.24) is 0 Å². The lowest BCUT2D eigenvalue weighted by Crippen LogP contribution is -2.34. The molecule has 1 aliphatic rings. The summed E-state index contributed by atoms with van der Waals surface area (Å²) in [5, 5.41) is 0. The van der Waals surface area contributed by atoms with Gasteiger partial charge in [0.25, 0.3) is 0 Å². The van der Waals surface area contributed by atoms with E-state index < -0.39 is 0 Å². The second-order valence-electron chi connectivity index (χ2n) is 7.29. The van der Waals surface area contributed by atoms with E-state index in [-0.39, 0.29) is 0 Å². The quantitative estimate of drug-likeness (QED) is 0.527. The van der Waals surface area contributed by atoms with Crippen LogP contribution in [0.3, 0.4) is 0 Å². The highest BCUT2D eigenvalue weighted by Crippen LogP contribution is 2.59. The molecule has 0 aromatic carbocycles. The van der Waals surface area contributed by atoms with Gasteiger partial charge >= 0.3 is 0 Å². The molecule has 2 unspecified atom stereocenters. The maximum atomic E-state index is 4.28. The van der Waals surface area contributed by atoms with E-state index in [0.29, 0.717) is 16.7 Å². The molecule has 0 amide bonds. The molecule has 0 spiro atoms. The van der Waals surface area contributed by atoms with E-state index in [1.807, 2.05) is 0 Å². The van der Waals surface area contributed by atoms with E-state index in [2.05, 4.69) is 48.1 Å². The topological polar surface area (TPSA) is 0 Å². The molecule has 1 aliphatic carbocycles. The molecule has 100 valence electrons. The minimum Gasteiger partial charge on any atom is -0.0996 e. The minimum atomic E-state index is 0.473. The molecule has 1 fully saturated rings. The van der Waals surface area contributed by atoms with Crippen LogP contribution in [0.5, 0.6) is 0 Å². The van der Waals surface area contributed by atoms with Crippen LogP contribution in [-0.4, -0.2) is 0 Å². The average molecular weight is 236 g/mol. The van der Waals surface area contributed by atoms with Crippen LogP contribution in [0.25, 0.3) is 0 Å². The fourth-order valence-corrected chi connectivity index (χ4v) is 3.58. The van der Waals surface area contributed by atoms with Crippen molar-refractivity contribution in [2.45, 2.75) is 73.6 Å². The van der Waals surface area contributed by atoms with Crippen molar-refractivity contribution in [3.8, 4) is 0 Å². The van der Waals surface area contributed by atoms with Crippen LogP contribution in [0.1, 0.15) is 73.6 Å². The molecule has 0 bridgehead atoms. The summed E-state index contributed by atoms with van der Waals surface area (Å²) in [4.78, 5) is 0. The predicted molar refractivity (Wildman–Crippen MR) is 78.1 cm³/mol. The van der Waals surface area contributed by atoms with Gasteiger partial charge in [-0.3, -0.25) is 0 Å². The Morgan fingerprint density at radius 1 is 1.29 bits per heavy atom. The largest absolute Gasteiger partial charge is 0.0996 e. The van der Waals surface area contributed by atoms with Gasteiger partial charge in [0.05, 0.1) is 0 Å². The molecule has 2 atom stereocenters. The fraction of sp³-hybridized carbons (Fsp3) is 0.882. The molecule has 0 aromatic rings. The Morgan fingerprint density at radius 3 is 2.35 bits per heavy atom. The SMILES string of the molecule is C=C(CC1CCC(C)(CCC)C1(C)C)C(C)C. The summed E-state index contributed by atoms with van der Waals surface area (Å²) in [5.41, 5.74) is 2.47. The van der Waals surface area contributed by atoms with Gasteiger partial charge in [-0.2, -0.15) is 0 Å². The van der Waals surface area contributed by atoms with E-state index >= 15 is 0 Å². The predicted octanol–water partition coefficient (Wildman–Crippen LogP) is 5.83. The third-order valence-corrected chi connectivity index (χ3v) is 5.75. The van der Waals surface area contributed by atoms with Crippen LogP contribution in [0, 0.1) is 22.7 Å². The first-order valence-electron chi connectivity index (χ1n) is 7.42. The first kappa shape index (κ1) is 14.8. The van der Waals surface area contributed by atoms with Gasteiger partial charge in [0, 0.05) is 0 Å². The molecule has 0 radical (unpaired) electrons. The molecule has 1 rings (SSSR count). The second-order valence-corrected chi connectivity index (χ2v) is 7.29. The summed E-state index contributed by atoms with van der Waals surface area (Å²) in [7, 11) is 0. The van der Waals surface area contributed by atoms with E-state index in [1.54, 1.807) is 0 Å². The smallest absolute Gasteiger partial charge is 0.0263 e. The van der Waals surface area contributed by atoms with Crippen LogP contribution >= 0.6 is 0 Å². The number of hydrogen-bond donors (Lipinski definition) is 0. The molecule has 0 nitrogen and oxygen atoms in total. The fourth-order valence-electron chi connectivity index (χ4n) is 3.58. The van der Waals surface area contributed by atoms with E-state index in [1.165, 1.54) is 37.7 Å². The van der Waals surface area contributed by atoms with Gasteiger partial charge in [-0.15, -0.1) is 0 Å². The summed E-state index contributed by atoms with van der Waals surface area (Å²) in [5.74, 6) is 1.48. The van der Waals surface area contributed by atoms with Gasteiger partial charge in [-0.25, -0.2) is 0 Å². The summed E-state index contributed by atoms with van der Waals surface area (Å²) in [6.07, 6.45) is 6.74. The summed E-state index contributed by atoms with van der Waals surface area (Å²) in [6, 6.07) is 0. The van der Waals surface area contributed by atoms with Crippen molar-refractivity contribution < 1.29 is 0 Å². The highest BCUT2D eigenvalue weighted by atomic mass is 14.5. The lowest BCUT2D eigenvalue weighted by Gasteiger charge is -2.42. The monoisotopic (exact) mass is 236 g/mol. The standard InChI is InChI=1S/C17H32/c1-8-10-17(7)11-9-15(16(17,5)6)12-14(4)13(2)3/h13,15H,4,8-12H2,1-3,5-7H3. The minimum absolute atomic E-state index is 0.473. The van der Waals surface area contributed by atoms with E-state index in [0.717, 1.165) is 5.92 Å². The van der Waals surface area contributed by atoms with Gasteiger partial charge in [0.2, 0.25) is 0 Å². The maximum absolute atomic E-state index is 4.28. The highest BCUT2D eigenvalue weighted by molar-refractivity contribution is 5.07. The molecule has 0 aliphatic heterocycles. The van der Waals surface area contributed by atoms with Crippen LogP contribution in [-0.2, 0) is 0 Å². The zero-order chi connectivity index (χ0) is 13.3. The molecule has 1 saturated carbocycles. The Hall–Kier alpha value is -0.260. The van der Waals surface area contributed by atoms with Crippen molar-refractivity contribution in [3.05, 3.63) is 12.2 Å². The molecule has 0 heterocycles. The second kappa shape index (κ2) is 5.16. The Bertz CT molecular complexity index is 272. The normalized spacial score (nSPS) is 32.1. The molecular weight excluding hydrogens is 204 g/mol. The van der Waals surface area contributed by atoms with Crippen molar-refractivity contribution in [1.29, 1.82) is 0 Å².